The van der Waals surface area contributed by atoms with Gasteiger partial charge < -0.3 is 15.2 Å². The third kappa shape index (κ3) is 3.10. The van der Waals surface area contributed by atoms with Crippen molar-refractivity contribution in [2.45, 2.75) is 52.4 Å². The number of pyridine rings is 1. The van der Waals surface area contributed by atoms with Crippen molar-refractivity contribution in [2.24, 2.45) is 5.92 Å². The molecule has 1 aliphatic rings. The number of aryl methyl sites for hydroxylation is 1. The number of nitrogens with zero attached hydrogens (tertiary/aromatic N) is 1. The number of fused-ring (bicyclic) bond motifs is 2. The first-order valence-electron chi connectivity index (χ1n) is 8.40. The Labute approximate surface area is 148 Å². The lowest BCUT2D eigenvalue weighted by Gasteiger charge is -2.42. The molecular formula is C19H25ClN2O2. The van der Waals surface area contributed by atoms with Crippen molar-refractivity contribution in [3.05, 3.63) is 34.5 Å². The Morgan fingerprint density at radius 3 is 2.71 bits per heavy atom. The van der Waals surface area contributed by atoms with Crippen molar-refractivity contribution < 1.29 is 9.84 Å². The van der Waals surface area contributed by atoms with Crippen LogP contribution in [0.15, 0.2) is 18.2 Å². The fourth-order valence-corrected chi connectivity index (χ4v) is 3.48. The van der Waals surface area contributed by atoms with Gasteiger partial charge in [-0.25, -0.2) is 4.98 Å². The van der Waals surface area contributed by atoms with Gasteiger partial charge in [0.15, 0.2) is 0 Å². The minimum Gasteiger partial charge on any atom is -0.485 e. The molecule has 5 heteroatoms. The van der Waals surface area contributed by atoms with Gasteiger partial charge in [0.2, 0.25) is 0 Å². The van der Waals surface area contributed by atoms with Crippen LogP contribution in [0.1, 0.15) is 44.9 Å². The van der Waals surface area contributed by atoms with E-state index >= 15 is 0 Å². The van der Waals surface area contributed by atoms with Crippen LogP contribution in [-0.2, 0) is 0 Å². The number of ether oxygens (including phenoxy) is 1. The van der Waals surface area contributed by atoms with Crippen molar-refractivity contribution in [1.29, 1.82) is 0 Å². The Hall–Kier alpha value is -1.36. The van der Waals surface area contributed by atoms with E-state index in [-0.39, 0.29) is 6.04 Å². The van der Waals surface area contributed by atoms with E-state index in [0.29, 0.717) is 11.1 Å². The summed E-state index contributed by atoms with van der Waals surface area (Å²) in [5, 5.41) is 15.8. The highest BCUT2D eigenvalue weighted by molar-refractivity contribution is 6.29. The molecule has 0 amide bonds. The number of benzene rings is 1. The molecule has 0 spiro atoms. The minimum absolute atomic E-state index is 0.198. The van der Waals surface area contributed by atoms with Gasteiger partial charge in [0.25, 0.3) is 0 Å². The molecule has 0 fully saturated rings. The third-order valence-corrected chi connectivity index (χ3v) is 4.79. The second-order valence-corrected chi connectivity index (χ2v) is 7.99. The van der Waals surface area contributed by atoms with Gasteiger partial charge in [-0.05, 0) is 57.0 Å². The highest BCUT2D eigenvalue weighted by Gasteiger charge is 2.43. The average molecular weight is 349 g/mol. The van der Waals surface area contributed by atoms with E-state index in [9.17, 15) is 5.11 Å². The monoisotopic (exact) mass is 348 g/mol. The lowest BCUT2D eigenvalue weighted by atomic mass is 9.85. The molecule has 0 saturated heterocycles. The standard InChI is InChI=1S/C19H25ClN2O2/c1-10(2)9-21-17-13-7-14-12(11(3)6-16(20)22-14)8-15(13)24-19(4,5)18(17)23/h6-8,10,17-18,21,23H,9H2,1-5H3. The van der Waals surface area contributed by atoms with Crippen molar-refractivity contribution in [1.82, 2.24) is 10.3 Å². The molecule has 24 heavy (non-hydrogen) atoms. The summed E-state index contributed by atoms with van der Waals surface area (Å²) in [5.41, 5.74) is 2.16. The largest absolute Gasteiger partial charge is 0.485 e. The number of halogens is 1. The van der Waals surface area contributed by atoms with E-state index < -0.39 is 11.7 Å². The molecule has 0 saturated carbocycles. The first kappa shape index (κ1) is 17.5. The lowest BCUT2D eigenvalue weighted by Crippen LogP contribution is -2.53. The van der Waals surface area contributed by atoms with Crippen molar-refractivity contribution in [3.63, 3.8) is 0 Å². The fourth-order valence-electron chi connectivity index (χ4n) is 3.23. The number of aromatic nitrogens is 1. The minimum atomic E-state index is -0.664. The Bertz CT molecular complexity index is 774. The van der Waals surface area contributed by atoms with Crippen molar-refractivity contribution in [3.8, 4) is 5.75 Å². The van der Waals surface area contributed by atoms with Crippen LogP contribution in [0.2, 0.25) is 5.15 Å². The molecule has 0 radical (unpaired) electrons. The van der Waals surface area contributed by atoms with Gasteiger partial charge in [-0.2, -0.15) is 0 Å². The van der Waals surface area contributed by atoms with Gasteiger partial charge in [0.1, 0.15) is 22.6 Å². The molecule has 0 bridgehead atoms. The first-order chi connectivity index (χ1) is 11.2. The third-order valence-electron chi connectivity index (χ3n) is 4.60. The van der Waals surface area contributed by atoms with Crippen LogP contribution in [0, 0.1) is 12.8 Å². The topological polar surface area (TPSA) is 54.4 Å². The number of hydrogen-bond donors (Lipinski definition) is 2. The van der Waals surface area contributed by atoms with Gasteiger partial charge in [-0.3, -0.25) is 0 Å². The van der Waals surface area contributed by atoms with E-state index in [1.54, 1.807) is 0 Å². The molecule has 0 aliphatic carbocycles. The summed E-state index contributed by atoms with van der Waals surface area (Å²) in [5.74, 6) is 1.29. The Morgan fingerprint density at radius 2 is 2.04 bits per heavy atom. The highest BCUT2D eigenvalue weighted by Crippen LogP contribution is 2.42. The predicted octanol–water partition coefficient (Wildman–Crippen LogP) is 4.02. The average Bonchev–Trinajstić information content (AvgIpc) is 2.46. The van der Waals surface area contributed by atoms with E-state index in [1.165, 1.54) is 0 Å². The number of hydrogen-bond acceptors (Lipinski definition) is 4. The van der Waals surface area contributed by atoms with Crippen LogP contribution in [0.25, 0.3) is 10.9 Å². The summed E-state index contributed by atoms with van der Waals surface area (Å²) in [7, 11) is 0. The molecule has 1 aliphatic heterocycles. The Balaban J connectivity index is 2.14. The molecule has 1 aromatic carbocycles. The predicted molar refractivity (Wildman–Crippen MR) is 97.8 cm³/mol. The summed E-state index contributed by atoms with van der Waals surface area (Å²) in [4.78, 5) is 4.44. The molecule has 2 N–H and O–H groups in total. The Morgan fingerprint density at radius 1 is 1.33 bits per heavy atom. The normalized spacial score (nSPS) is 22.5. The maximum atomic E-state index is 10.8. The van der Waals surface area contributed by atoms with Gasteiger partial charge in [0.05, 0.1) is 11.6 Å². The maximum absolute atomic E-state index is 10.8. The van der Waals surface area contributed by atoms with Crippen molar-refractivity contribution in [2.75, 3.05) is 6.54 Å². The van der Waals surface area contributed by atoms with Crippen LogP contribution < -0.4 is 10.1 Å². The number of aliphatic hydroxyl groups excluding tert-OH is 1. The van der Waals surface area contributed by atoms with E-state index in [0.717, 1.165) is 34.3 Å². The number of aliphatic hydroxyl groups is 1. The van der Waals surface area contributed by atoms with Gasteiger partial charge >= 0.3 is 0 Å². The van der Waals surface area contributed by atoms with E-state index in [1.807, 2.05) is 39.0 Å². The summed E-state index contributed by atoms with van der Waals surface area (Å²) >= 11 is 6.11. The maximum Gasteiger partial charge on any atom is 0.131 e. The molecule has 1 aromatic heterocycles. The second-order valence-electron chi connectivity index (χ2n) is 7.60. The van der Waals surface area contributed by atoms with E-state index in [2.05, 4.69) is 24.1 Å². The molecular weight excluding hydrogens is 324 g/mol. The number of rotatable bonds is 3. The fraction of sp³-hybridized carbons (Fsp3) is 0.526. The van der Waals surface area contributed by atoms with Crippen LogP contribution in [0.3, 0.4) is 0 Å². The molecule has 4 nitrogen and oxygen atoms in total. The van der Waals surface area contributed by atoms with Gasteiger partial charge in [0, 0.05) is 10.9 Å². The van der Waals surface area contributed by atoms with E-state index in [4.69, 9.17) is 16.3 Å². The summed E-state index contributed by atoms with van der Waals surface area (Å²) < 4.78 is 6.11. The zero-order valence-electron chi connectivity index (χ0n) is 14.9. The molecule has 2 aromatic rings. The second kappa shape index (κ2) is 6.17. The molecule has 2 heterocycles. The zero-order chi connectivity index (χ0) is 17.6. The smallest absolute Gasteiger partial charge is 0.131 e. The molecule has 2 atom stereocenters. The SMILES string of the molecule is Cc1cc(Cl)nc2cc3c(cc12)OC(C)(C)C(O)C3NCC(C)C. The van der Waals surface area contributed by atoms with Gasteiger partial charge in [-0.15, -0.1) is 0 Å². The lowest BCUT2D eigenvalue weighted by molar-refractivity contribution is -0.0647. The molecule has 3 rings (SSSR count). The van der Waals surface area contributed by atoms with Crippen LogP contribution in [-0.4, -0.2) is 28.3 Å². The van der Waals surface area contributed by atoms with Crippen molar-refractivity contribution >= 4 is 22.5 Å². The quantitative estimate of drug-likeness (QED) is 0.823. The van der Waals surface area contributed by atoms with Crippen LogP contribution in [0.5, 0.6) is 5.75 Å². The molecule has 130 valence electrons. The number of nitrogens with one attached hydrogen (secondary N) is 1. The van der Waals surface area contributed by atoms with Gasteiger partial charge in [-0.1, -0.05) is 25.4 Å². The van der Waals surface area contributed by atoms with Crippen LogP contribution in [0.4, 0.5) is 0 Å². The molecule has 2 unspecified atom stereocenters. The first-order valence-corrected chi connectivity index (χ1v) is 8.78. The highest BCUT2D eigenvalue weighted by atomic mass is 35.5. The Kier molecular flexibility index (Phi) is 4.49. The summed E-state index contributed by atoms with van der Waals surface area (Å²) in [6.07, 6.45) is -0.651. The zero-order valence-corrected chi connectivity index (χ0v) is 15.6. The summed E-state index contributed by atoms with van der Waals surface area (Å²) in [6, 6.07) is 5.66. The van der Waals surface area contributed by atoms with Crippen LogP contribution >= 0.6 is 11.6 Å². The summed E-state index contributed by atoms with van der Waals surface area (Å²) in [6.45, 7) is 11.0.